The van der Waals surface area contributed by atoms with Gasteiger partial charge in [-0.1, -0.05) is 30.3 Å². The quantitative estimate of drug-likeness (QED) is 0.424. The summed E-state index contributed by atoms with van der Waals surface area (Å²) in [7, 11) is 0. The highest BCUT2D eigenvalue weighted by Gasteiger charge is 2.34. The van der Waals surface area contributed by atoms with E-state index in [9.17, 15) is 13.9 Å². The van der Waals surface area contributed by atoms with E-state index in [1.165, 1.54) is 6.07 Å². The fourth-order valence-electron chi connectivity index (χ4n) is 5.26. The number of aromatic hydroxyl groups is 1. The van der Waals surface area contributed by atoms with Gasteiger partial charge in [-0.05, 0) is 47.4 Å². The van der Waals surface area contributed by atoms with Crippen molar-refractivity contribution in [3.8, 4) is 22.9 Å². The molecule has 2 fully saturated rings. The second-order valence-corrected chi connectivity index (χ2v) is 9.11. The predicted molar refractivity (Wildman–Crippen MR) is 128 cm³/mol. The van der Waals surface area contributed by atoms with E-state index in [0.717, 1.165) is 23.6 Å². The van der Waals surface area contributed by atoms with Gasteiger partial charge in [0.25, 0.3) is 6.43 Å². The molecule has 6 rings (SSSR count). The number of nitrogens with zero attached hydrogens (tertiary/aromatic N) is 3. The molecule has 0 radical (unpaired) electrons. The van der Waals surface area contributed by atoms with Crippen LogP contribution in [0.15, 0.2) is 48.5 Å². The largest absolute Gasteiger partial charge is 0.508 e. The molecule has 0 spiro atoms. The molecule has 0 amide bonds. The molecule has 2 unspecified atom stereocenters. The minimum atomic E-state index is -2.71. The Morgan fingerprint density at radius 3 is 2.54 bits per heavy atom. The van der Waals surface area contributed by atoms with E-state index in [1.54, 1.807) is 18.2 Å². The first kappa shape index (κ1) is 21.9. The summed E-state index contributed by atoms with van der Waals surface area (Å²) in [5, 5.41) is 15.8. The van der Waals surface area contributed by atoms with Crippen LogP contribution in [-0.4, -0.2) is 53.3 Å². The number of phenolic OH excluding ortho intramolecular Hbond substituents is 1. The fourth-order valence-corrected chi connectivity index (χ4v) is 5.26. The Morgan fingerprint density at radius 2 is 1.77 bits per heavy atom. The lowest BCUT2D eigenvalue weighted by atomic mass is 9.96. The summed E-state index contributed by atoms with van der Waals surface area (Å²) in [4.78, 5) is 10.7. The van der Waals surface area contributed by atoms with E-state index in [2.05, 4.69) is 20.2 Å². The van der Waals surface area contributed by atoms with Crippen LogP contribution >= 0.6 is 0 Å². The van der Waals surface area contributed by atoms with Crippen molar-refractivity contribution in [2.75, 3.05) is 24.6 Å². The summed E-state index contributed by atoms with van der Waals surface area (Å²) >= 11 is 0. The number of benzene rings is 3. The van der Waals surface area contributed by atoms with Crippen LogP contribution in [0.5, 0.6) is 11.8 Å². The average molecular weight is 480 g/mol. The molecule has 2 atom stereocenters. The monoisotopic (exact) mass is 480 g/mol. The molecule has 0 aliphatic carbocycles. The minimum absolute atomic E-state index is 0.00456. The Hall–Kier alpha value is -3.59. The summed E-state index contributed by atoms with van der Waals surface area (Å²) in [5.74, 6) is -0.135. The number of halogens is 3. The number of nitrogens with one attached hydrogen (secondary N) is 1. The molecule has 1 aromatic heterocycles. The van der Waals surface area contributed by atoms with Crippen molar-refractivity contribution in [1.82, 2.24) is 15.3 Å². The maximum atomic E-state index is 16.1. The van der Waals surface area contributed by atoms with E-state index < -0.39 is 18.8 Å². The molecule has 2 bridgehead atoms. The molecule has 35 heavy (non-hydrogen) atoms. The lowest BCUT2D eigenvalue weighted by Crippen LogP contribution is -2.51. The van der Waals surface area contributed by atoms with Gasteiger partial charge in [0.2, 0.25) is 0 Å². The molecular weight excluding hydrogens is 457 g/mol. The zero-order valence-corrected chi connectivity index (χ0v) is 18.7. The molecule has 6 nitrogen and oxygen atoms in total. The molecule has 0 saturated carbocycles. The van der Waals surface area contributed by atoms with Crippen molar-refractivity contribution >= 4 is 27.5 Å². The molecule has 3 heterocycles. The third kappa shape index (κ3) is 3.99. The zero-order chi connectivity index (χ0) is 24.1. The molecule has 2 N–H and O–H groups in total. The number of fused-ring (bicyclic) bond motifs is 4. The Balaban J connectivity index is 1.53. The molecule has 4 aromatic rings. The predicted octanol–water partition coefficient (Wildman–Crippen LogP) is 4.88. The van der Waals surface area contributed by atoms with Crippen LogP contribution in [-0.2, 0) is 0 Å². The first-order valence-corrected chi connectivity index (χ1v) is 11.6. The zero-order valence-electron chi connectivity index (χ0n) is 18.7. The van der Waals surface area contributed by atoms with Gasteiger partial charge in [0.15, 0.2) is 12.4 Å². The SMILES string of the molecule is Oc1cc(-c2ccc3c(N4CC5CCC(C4)N5)nc(OCC(F)F)nc3c2F)c2ccccc2c1. The van der Waals surface area contributed by atoms with Gasteiger partial charge in [-0.3, -0.25) is 0 Å². The lowest BCUT2D eigenvalue weighted by molar-refractivity contribution is 0.0772. The standard InChI is InChI=1S/C26H23F3N4O2/c27-22(28)13-35-26-31-24-20(25(32-26)33-11-15-5-6-16(12-33)30-15)8-7-19(23(24)29)21-10-17(34)9-14-3-1-2-4-18(14)21/h1-4,7-10,15-16,22,30,34H,5-6,11-13H2. The van der Waals surface area contributed by atoms with Crippen LogP contribution in [0.3, 0.4) is 0 Å². The third-order valence-electron chi connectivity index (χ3n) is 6.76. The number of hydrogen-bond donors (Lipinski definition) is 2. The summed E-state index contributed by atoms with van der Waals surface area (Å²) < 4.78 is 47.0. The number of phenols is 1. The number of anilines is 1. The molecule has 2 aliphatic heterocycles. The van der Waals surface area contributed by atoms with Gasteiger partial charge in [0.1, 0.15) is 17.1 Å². The number of rotatable bonds is 5. The Labute approximate surface area is 199 Å². The second kappa shape index (κ2) is 8.57. The number of aromatic nitrogens is 2. The van der Waals surface area contributed by atoms with Gasteiger partial charge in [0.05, 0.1) is 0 Å². The molecule has 2 aliphatic rings. The molecule has 9 heteroatoms. The Morgan fingerprint density at radius 1 is 1.00 bits per heavy atom. The van der Waals surface area contributed by atoms with Gasteiger partial charge in [0, 0.05) is 36.1 Å². The summed E-state index contributed by atoms with van der Waals surface area (Å²) in [6.45, 7) is 0.477. The first-order chi connectivity index (χ1) is 17.0. The highest BCUT2D eigenvalue weighted by Crippen LogP contribution is 2.38. The van der Waals surface area contributed by atoms with Crippen molar-refractivity contribution in [1.29, 1.82) is 0 Å². The van der Waals surface area contributed by atoms with E-state index in [4.69, 9.17) is 4.74 Å². The molecular formula is C26H23F3N4O2. The number of hydrogen-bond acceptors (Lipinski definition) is 6. The number of alkyl halides is 2. The summed E-state index contributed by atoms with van der Waals surface area (Å²) in [5.41, 5.74) is 0.750. The van der Waals surface area contributed by atoms with Gasteiger partial charge >= 0.3 is 6.01 Å². The lowest BCUT2D eigenvalue weighted by Gasteiger charge is -2.34. The average Bonchev–Trinajstić information content (AvgIpc) is 3.19. The van der Waals surface area contributed by atoms with E-state index in [-0.39, 0.29) is 22.8 Å². The minimum Gasteiger partial charge on any atom is -0.508 e. The van der Waals surface area contributed by atoms with Crippen LogP contribution in [0.2, 0.25) is 0 Å². The van der Waals surface area contributed by atoms with Crippen molar-refractivity contribution < 1.29 is 23.0 Å². The summed E-state index contributed by atoms with van der Waals surface area (Å²) in [6.07, 6.45) is -0.619. The molecule has 180 valence electrons. The van der Waals surface area contributed by atoms with Crippen molar-refractivity contribution in [2.45, 2.75) is 31.4 Å². The van der Waals surface area contributed by atoms with Crippen LogP contribution in [0, 0.1) is 5.82 Å². The van der Waals surface area contributed by atoms with E-state index >= 15 is 4.39 Å². The van der Waals surface area contributed by atoms with E-state index in [0.29, 0.717) is 41.9 Å². The van der Waals surface area contributed by atoms with Crippen LogP contribution < -0.4 is 15.0 Å². The van der Waals surface area contributed by atoms with Gasteiger partial charge in [-0.25, -0.2) is 13.2 Å². The normalized spacial score (nSPS) is 19.7. The van der Waals surface area contributed by atoms with Crippen molar-refractivity contribution in [3.63, 3.8) is 0 Å². The van der Waals surface area contributed by atoms with Crippen molar-refractivity contribution in [3.05, 3.63) is 54.3 Å². The second-order valence-electron chi connectivity index (χ2n) is 9.11. The van der Waals surface area contributed by atoms with E-state index in [1.807, 2.05) is 24.3 Å². The highest BCUT2D eigenvalue weighted by atomic mass is 19.3. The van der Waals surface area contributed by atoms with Gasteiger partial charge in [-0.2, -0.15) is 9.97 Å². The van der Waals surface area contributed by atoms with Gasteiger partial charge < -0.3 is 20.1 Å². The van der Waals surface area contributed by atoms with Crippen molar-refractivity contribution in [2.24, 2.45) is 0 Å². The van der Waals surface area contributed by atoms with Gasteiger partial charge in [-0.15, -0.1) is 0 Å². The van der Waals surface area contributed by atoms with Crippen LogP contribution in [0.25, 0.3) is 32.8 Å². The maximum Gasteiger partial charge on any atom is 0.319 e. The first-order valence-electron chi connectivity index (χ1n) is 11.6. The summed E-state index contributed by atoms with van der Waals surface area (Å²) in [6, 6.07) is 14.2. The maximum absolute atomic E-state index is 16.1. The Bertz CT molecular complexity index is 1420. The van der Waals surface area contributed by atoms with Crippen LogP contribution in [0.4, 0.5) is 19.0 Å². The van der Waals surface area contributed by atoms with Crippen LogP contribution in [0.1, 0.15) is 12.8 Å². The topological polar surface area (TPSA) is 70.5 Å². The highest BCUT2D eigenvalue weighted by molar-refractivity contribution is 6.01. The number of piperazine rings is 1. The number of ether oxygens (including phenoxy) is 1. The fraction of sp³-hybridized carbons (Fsp3) is 0.308. The molecule has 2 saturated heterocycles. The molecule has 3 aromatic carbocycles. The smallest absolute Gasteiger partial charge is 0.319 e. The third-order valence-corrected chi connectivity index (χ3v) is 6.76. The Kier molecular flexibility index (Phi) is 5.36.